The minimum absolute atomic E-state index is 0.729. The summed E-state index contributed by atoms with van der Waals surface area (Å²) in [7, 11) is -2.26. The molecule has 9 aromatic rings. The van der Waals surface area contributed by atoms with Crippen molar-refractivity contribution in [1.29, 1.82) is 0 Å². The normalized spacial score (nSPS) is 14.7. The van der Waals surface area contributed by atoms with Gasteiger partial charge in [-0.25, -0.2) is 9.97 Å². The molecule has 0 spiro atoms. The maximum atomic E-state index is 5.34. The van der Waals surface area contributed by atoms with Gasteiger partial charge < -0.3 is 0 Å². The van der Waals surface area contributed by atoms with Crippen molar-refractivity contribution in [2.45, 2.75) is 6.55 Å². The van der Waals surface area contributed by atoms with Crippen molar-refractivity contribution in [3.05, 3.63) is 188 Å². The second kappa shape index (κ2) is 12.1. The molecule has 0 amide bonds. The van der Waals surface area contributed by atoms with E-state index in [1.807, 2.05) is 12.1 Å². The first-order valence-corrected chi connectivity index (χ1v) is 20.4. The van der Waals surface area contributed by atoms with Gasteiger partial charge in [-0.2, -0.15) is 0 Å². The van der Waals surface area contributed by atoms with E-state index >= 15 is 0 Å². The standard InChI is InChI=1S/C49H34N2Si/c1-52(35-22-9-4-10-23-35)44-30-16-15-28-40(44)47-41(29-17-31-45(47)52)46-36-24-11-13-26-38(36)48(39-27-14-12-25-37(39)46)49-50-42(33-18-5-2-6-19-33)32-43(51-49)34-20-7-3-8-21-34/h2-32H,1H3. The summed E-state index contributed by atoms with van der Waals surface area (Å²) in [5.41, 5.74) is 10.3. The zero-order valence-corrected chi connectivity index (χ0v) is 29.8. The predicted octanol–water partition coefficient (Wildman–Crippen LogP) is 10.5. The van der Waals surface area contributed by atoms with Crippen molar-refractivity contribution in [1.82, 2.24) is 9.97 Å². The van der Waals surface area contributed by atoms with Gasteiger partial charge in [0.2, 0.25) is 0 Å². The molecule has 3 heteroatoms. The van der Waals surface area contributed by atoms with Gasteiger partial charge in [-0.15, -0.1) is 0 Å². The molecule has 244 valence electrons. The highest BCUT2D eigenvalue weighted by atomic mass is 28.3. The lowest BCUT2D eigenvalue weighted by molar-refractivity contribution is 1.19. The summed E-state index contributed by atoms with van der Waals surface area (Å²) in [6, 6.07) is 68.0. The zero-order valence-electron chi connectivity index (χ0n) is 28.8. The van der Waals surface area contributed by atoms with Gasteiger partial charge in [0.15, 0.2) is 5.82 Å². The molecule has 1 aromatic heterocycles. The summed E-state index contributed by atoms with van der Waals surface area (Å²) in [5, 5.41) is 9.08. The van der Waals surface area contributed by atoms with Gasteiger partial charge in [0.05, 0.1) is 11.4 Å². The number of fused-ring (bicyclic) bond motifs is 5. The van der Waals surface area contributed by atoms with Gasteiger partial charge in [0.1, 0.15) is 8.07 Å². The number of hydrogen-bond acceptors (Lipinski definition) is 2. The van der Waals surface area contributed by atoms with Crippen molar-refractivity contribution in [3.63, 3.8) is 0 Å². The molecule has 2 heterocycles. The molecule has 1 aliphatic rings. The third-order valence-electron chi connectivity index (χ3n) is 11.0. The van der Waals surface area contributed by atoms with E-state index in [0.29, 0.717) is 0 Å². The molecular weight excluding hydrogens is 645 g/mol. The monoisotopic (exact) mass is 678 g/mol. The van der Waals surface area contributed by atoms with E-state index in [1.165, 1.54) is 48.6 Å². The Balaban J connectivity index is 1.29. The van der Waals surface area contributed by atoms with E-state index in [2.05, 4.69) is 182 Å². The smallest absolute Gasteiger partial charge is 0.161 e. The molecule has 10 rings (SSSR count). The van der Waals surface area contributed by atoms with Crippen LogP contribution < -0.4 is 15.6 Å². The molecule has 0 saturated heterocycles. The van der Waals surface area contributed by atoms with Gasteiger partial charge in [0, 0.05) is 16.7 Å². The fourth-order valence-electron chi connectivity index (χ4n) is 8.56. The third-order valence-corrected chi connectivity index (χ3v) is 15.5. The second-order valence-electron chi connectivity index (χ2n) is 13.8. The van der Waals surface area contributed by atoms with Crippen LogP contribution in [0.5, 0.6) is 0 Å². The molecule has 1 atom stereocenters. The van der Waals surface area contributed by atoms with E-state index in [9.17, 15) is 0 Å². The van der Waals surface area contributed by atoms with Crippen molar-refractivity contribution >= 4 is 45.2 Å². The van der Waals surface area contributed by atoms with E-state index < -0.39 is 8.07 Å². The van der Waals surface area contributed by atoms with Crippen molar-refractivity contribution < 1.29 is 0 Å². The topological polar surface area (TPSA) is 25.8 Å². The molecule has 0 fully saturated rings. The molecule has 52 heavy (non-hydrogen) atoms. The molecule has 1 aliphatic heterocycles. The summed E-state index contributed by atoms with van der Waals surface area (Å²) >= 11 is 0. The number of rotatable bonds is 5. The van der Waals surface area contributed by atoms with Crippen LogP contribution in [0.15, 0.2) is 188 Å². The Bertz CT molecular complexity index is 2680. The second-order valence-corrected chi connectivity index (χ2v) is 17.7. The number of aromatic nitrogens is 2. The SMILES string of the molecule is C[Si]1(c2ccccc2)c2ccccc2-c2c(-c3c4ccccc4c(-c4nc(-c5ccccc5)cc(-c5ccccc5)n4)c4ccccc34)cccc21. The minimum atomic E-state index is -2.26. The molecule has 8 aromatic carbocycles. The first-order chi connectivity index (χ1) is 25.7. The summed E-state index contributed by atoms with van der Waals surface area (Å²) in [6.45, 7) is 2.53. The molecule has 2 nitrogen and oxygen atoms in total. The molecule has 0 aliphatic carbocycles. The van der Waals surface area contributed by atoms with Gasteiger partial charge in [-0.05, 0) is 65.4 Å². The maximum absolute atomic E-state index is 5.34. The Morgan fingerprint density at radius 3 is 1.38 bits per heavy atom. The van der Waals surface area contributed by atoms with Crippen molar-refractivity contribution in [2.75, 3.05) is 0 Å². The fourth-order valence-corrected chi connectivity index (χ4v) is 12.7. The van der Waals surface area contributed by atoms with Gasteiger partial charge in [0.25, 0.3) is 0 Å². The first-order valence-electron chi connectivity index (χ1n) is 17.9. The Morgan fingerprint density at radius 1 is 0.365 bits per heavy atom. The van der Waals surface area contributed by atoms with Gasteiger partial charge >= 0.3 is 0 Å². The van der Waals surface area contributed by atoms with Crippen LogP contribution >= 0.6 is 0 Å². The molecular formula is C49H34N2Si. The zero-order chi connectivity index (χ0) is 34.6. The summed E-state index contributed by atoms with van der Waals surface area (Å²) in [5.74, 6) is 0.729. The van der Waals surface area contributed by atoms with E-state index in [4.69, 9.17) is 9.97 Å². The summed E-state index contributed by atoms with van der Waals surface area (Å²) in [6.07, 6.45) is 0. The highest BCUT2D eigenvalue weighted by Gasteiger charge is 2.44. The van der Waals surface area contributed by atoms with Crippen LogP contribution in [-0.4, -0.2) is 18.0 Å². The van der Waals surface area contributed by atoms with Crippen LogP contribution in [0, 0.1) is 0 Å². The average Bonchev–Trinajstić information content (AvgIpc) is 3.49. The number of nitrogens with zero attached hydrogens (tertiary/aromatic N) is 2. The van der Waals surface area contributed by atoms with Crippen LogP contribution in [0.1, 0.15) is 0 Å². The van der Waals surface area contributed by atoms with Crippen molar-refractivity contribution in [2.24, 2.45) is 0 Å². The van der Waals surface area contributed by atoms with E-state index in [0.717, 1.165) is 44.7 Å². The van der Waals surface area contributed by atoms with Crippen molar-refractivity contribution in [3.8, 4) is 56.2 Å². The third kappa shape index (κ3) is 4.63. The highest BCUT2D eigenvalue weighted by Crippen LogP contribution is 2.46. The quantitative estimate of drug-likeness (QED) is 0.134. The van der Waals surface area contributed by atoms with Crippen LogP contribution in [0.4, 0.5) is 0 Å². The Morgan fingerprint density at radius 2 is 0.808 bits per heavy atom. The average molecular weight is 679 g/mol. The Hall–Kier alpha value is -6.42. The van der Waals surface area contributed by atoms with Gasteiger partial charge in [-0.1, -0.05) is 189 Å². The predicted molar refractivity (Wildman–Crippen MR) is 221 cm³/mol. The van der Waals surface area contributed by atoms with Crippen LogP contribution in [-0.2, 0) is 0 Å². The maximum Gasteiger partial charge on any atom is 0.161 e. The van der Waals surface area contributed by atoms with Crippen LogP contribution in [0.3, 0.4) is 0 Å². The minimum Gasteiger partial charge on any atom is -0.228 e. The first kappa shape index (κ1) is 30.4. The van der Waals surface area contributed by atoms with E-state index in [-0.39, 0.29) is 0 Å². The molecule has 1 unspecified atom stereocenters. The Labute approximate surface area is 304 Å². The number of hydrogen-bond donors (Lipinski definition) is 0. The van der Waals surface area contributed by atoms with Crippen LogP contribution in [0.2, 0.25) is 6.55 Å². The highest BCUT2D eigenvalue weighted by molar-refractivity contribution is 7.13. The summed E-state index contributed by atoms with van der Waals surface area (Å²) in [4.78, 5) is 10.7. The lowest BCUT2D eigenvalue weighted by atomic mass is 9.85. The molecule has 0 radical (unpaired) electrons. The number of benzene rings is 8. The van der Waals surface area contributed by atoms with E-state index in [1.54, 1.807) is 0 Å². The molecule has 0 saturated carbocycles. The van der Waals surface area contributed by atoms with Crippen LogP contribution in [0.25, 0.3) is 77.7 Å². The fraction of sp³-hybridized carbons (Fsp3) is 0.0204. The Kier molecular flexibility index (Phi) is 7.09. The summed E-state index contributed by atoms with van der Waals surface area (Å²) < 4.78 is 0. The van der Waals surface area contributed by atoms with Gasteiger partial charge in [-0.3, -0.25) is 0 Å². The largest absolute Gasteiger partial charge is 0.228 e. The molecule has 0 N–H and O–H groups in total. The molecule has 0 bridgehead atoms. The lowest BCUT2D eigenvalue weighted by Crippen LogP contribution is -2.62. The lowest BCUT2D eigenvalue weighted by Gasteiger charge is -2.26.